The second-order valence-electron chi connectivity index (χ2n) is 8.53. The van der Waals surface area contributed by atoms with Gasteiger partial charge in [-0.1, -0.05) is 42.6 Å². The molecule has 0 spiro atoms. The van der Waals surface area contributed by atoms with E-state index < -0.39 is 34.3 Å². The first-order chi connectivity index (χ1) is 16.1. The van der Waals surface area contributed by atoms with Gasteiger partial charge in [0.25, 0.3) is 0 Å². The highest BCUT2D eigenvalue weighted by molar-refractivity contribution is 7.92. The fourth-order valence-electron chi connectivity index (χ4n) is 4.01. The van der Waals surface area contributed by atoms with Crippen molar-refractivity contribution in [3.8, 4) is 0 Å². The lowest BCUT2D eigenvalue weighted by Gasteiger charge is -2.32. The average Bonchev–Trinajstić information content (AvgIpc) is 3.29. The number of benzene rings is 2. The van der Waals surface area contributed by atoms with Gasteiger partial charge in [-0.2, -0.15) is 0 Å². The fourth-order valence-corrected chi connectivity index (χ4v) is 5.05. The number of amides is 2. The summed E-state index contributed by atoms with van der Waals surface area (Å²) in [5.41, 5.74) is 0.781. The molecule has 1 unspecified atom stereocenters. The summed E-state index contributed by atoms with van der Waals surface area (Å²) in [7, 11) is -3.87. The van der Waals surface area contributed by atoms with E-state index in [9.17, 15) is 22.4 Å². The third-order valence-corrected chi connectivity index (χ3v) is 7.47. The number of sulfonamides is 1. The maximum atomic E-state index is 13.5. The first-order valence-electron chi connectivity index (χ1n) is 11.1. The summed E-state index contributed by atoms with van der Waals surface area (Å²) < 4.78 is 39.2. The van der Waals surface area contributed by atoms with Gasteiger partial charge in [0, 0.05) is 17.6 Å². The summed E-state index contributed by atoms with van der Waals surface area (Å²) in [4.78, 5) is 27.8. The van der Waals surface area contributed by atoms with Gasteiger partial charge in [0.05, 0.1) is 11.9 Å². The van der Waals surface area contributed by atoms with E-state index in [0.717, 1.165) is 48.4 Å². The molecule has 184 valence electrons. The van der Waals surface area contributed by atoms with Crippen LogP contribution in [0.15, 0.2) is 48.5 Å². The summed E-state index contributed by atoms with van der Waals surface area (Å²) in [6.07, 6.45) is 4.84. The molecule has 10 heteroatoms. The molecule has 0 bridgehead atoms. The SMILES string of the molecule is CC(C(=O)NC1CCCC1)N(Cc1ccccc1Cl)C(=O)CN(c1ccc(F)cc1)S(C)(=O)=O. The van der Waals surface area contributed by atoms with Gasteiger partial charge in [0.15, 0.2) is 0 Å². The molecule has 3 rings (SSSR count). The zero-order chi connectivity index (χ0) is 24.9. The van der Waals surface area contributed by atoms with Crippen molar-refractivity contribution < 1.29 is 22.4 Å². The van der Waals surface area contributed by atoms with Gasteiger partial charge in [0.1, 0.15) is 18.4 Å². The van der Waals surface area contributed by atoms with Crippen LogP contribution in [-0.2, 0) is 26.2 Å². The summed E-state index contributed by atoms with van der Waals surface area (Å²) in [5.74, 6) is -1.41. The van der Waals surface area contributed by atoms with E-state index in [1.807, 2.05) is 0 Å². The quantitative estimate of drug-likeness (QED) is 0.558. The van der Waals surface area contributed by atoms with Crippen molar-refractivity contribution >= 4 is 39.1 Å². The lowest BCUT2D eigenvalue weighted by molar-refractivity contribution is -0.139. The third-order valence-electron chi connectivity index (χ3n) is 5.96. The molecule has 2 amide bonds. The smallest absolute Gasteiger partial charge is 0.244 e. The molecule has 1 fully saturated rings. The molecule has 1 saturated carbocycles. The molecule has 0 aliphatic heterocycles. The Hall–Kier alpha value is -2.65. The summed E-state index contributed by atoms with van der Waals surface area (Å²) in [6, 6.07) is 11.0. The lowest BCUT2D eigenvalue weighted by Crippen LogP contribution is -2.52. The first kappa shape index (κ1) is 26.0. The molecule has 0 aromatic heterocycles. The van der Waals surface area contributed by atoms with Crippen LogP contribution in [0.2, 0.25) is 5.02 Å². The molecule has 34 heavy (non-hydrogen) atoms. The number of rotatable bonds is 9. The van der Waals surface area contributed by atoms with Gasteiger partial charge in [-0.05, 0) is 55.7 Å². The molecule has 7 nitrogen and oxygen atoms in total. The Bertz CT molecular complexity index is 1120. The summed E-state index contributed by atoms with van der Waals surface area (Å²) >= 11 is 6.30. The van der Waals surface area contributed by atoms with E-state index in [1.54, 1.807) is 31.2 Å². The molecular weight excluding hydrogens is 481 g/mol. The van der Waals surface area contributed by atoms with Gasteiger partial charge in [-0.25, -0.2) is 12.8 Å². The predicted octanol–water partition coefficient (Wildman–Crippen LogP) is 3.72. The topological polar surface area (TPSA) is 86.8 Å². The van der Waals surface area contributed by atoms with E-state index in [-0.39, 0.29) is 24.2 Å². The van der Waals surface area contributed by atoms with Crippen LogP contribution in [0.5, 0.6) is 0 Å². The third kappa shape index (κ3) is 6.70. The highest BCUT2D eigenvalue weighted by Crippen LogP contribution is 2.22. The van der Waals surface area contributed by atoms with Crippen molar-refractivity contribution in [3.05, 3.63) is 64.9 Å². The molecule has 0 saturated heterocycles. The van der Waals surface area contributed by atoms with E-state index in [4.69, 9.17) is 11.6 Å². The average molecular weight is 510 g/mol. The van der Waals surface area contributed by atoms with Crippen LogP contribution in [-0.4, -0.2) is 50.0 Å². The predicted molar refractivity (Wildman–Crippen MR) is 130 cm³/mol. The molecule has 0 heterocycles. The van der Waals surface area contributed by atoms with E-state index >= 15 is 0 Å². The van der Waals surface area contributed by atoms with Gasteiger partial charge in [-0.15, -0.1) is 0 Å². The van der Waals surface area contributed by atoms with Crippen molar-refractivity contribution in [3.63, 3.8) is 0 Å². The van der Waals surface area contributed by atoms with Gasteiger partial charge in [0.2, 0.25) is 21.8 Å². The fraction of sp³-hybridized carbons (Fsp3) is 0.417. The van der Waals surface area contributed by atoms with Crippen LogP contribution in [0.1, 0.15) is 38.2 Å². The van der Waals surface area contributed by atoms with Gasteiger partial charge < -0.3 is 10.2 Å². The minimum Gasteiger partial charge on any atom is -0.352 e. The Labute approximate surface area is 204 Å². The maximum Gasteiger partial charge on any atom is 0.244 e. The van der Waals surface area contributed by atoms with E-state index in [2.05, 4.69) is 5.32 Å². The number of anilines is 1. The largest absolute Gasteiger partial charge is 0.352 e. The lowest BCUT2D eigenvalue weighted by atomic mass is 10.1. The van der Waals surface area contributed by atoms with Crippen LogP contribution in [0.25, 0.3) is 0 Å². The standard InChI is InChI=1S/C24H29ClFN3O4S/c1-17(24(31)27-20-8-4-5-9-20)28(15-18-7-3-6-10-22(18)25)23(30)16-29(34(2,32)33)21-13-11-19(26)12-14-21/h3,6-7,10-14,17,20H,4-5,8-9,15-16H2,1-2H3,(H,27,31). The minimum atomic E-state index is -3.87. The molecule has 1 aliphatic carbocycles. The first-order valence-corrected chi connectivity index (χ1v) is 13.4. The number of hydrogen-bond donors (Lipinski definition) is 1. The molecule has 0 radical (unpaired) electrons. The van der Waals surface area contributed by atoms with Crippen LogP contribution in [0.3, 0.4) is 0 Å². The monoisotopic (exact) mass is 509 g/mol. The molecule has 1 aliphatic rings. The van der Waals surface area contributed by atoms with E-state index in [0.29, 0.717) is 10.6 Å². The second kappa shape index (κ2) is 11.2. The summed E-state index contributed by atoms with van der Waals surface area (Å²) in [5, 5.41) is 3.43. The van der Waals surface area contributed by atoms with Crippen molar-refractivity contribution in [2.24, 2.45) is 0 Å². The number of halogens is 2. The molecule has 2 aromatic carbocycles. The van der Waals surface area contributed by atoms with Crippen molar-refractivity contribution in [1.29, 1.82) is 0 Å². The number of hydrogen-bond acceptors (Lipinski definition) is 4. The van der Waals surface area contributed by atoms with E-state index in [1.165, 1.54) is 17.0 Å². The minimum absolute atomic E-state index is 0.0266. The van der Waals surface area contributed by atoms with Crippen LogP contribution < -0.4 is 9.62 Å². The van der Waals surface area contributed by atoms with Crippen LogP contribution in [0, 0.1) is 5.82 Å². The van der Waals surface area contributed by atoms with Gasteiger partial charge in [-0.3, -0.25) is 13.9 Å². The van der Waals surface area contributed by atoms with Crippen LogP contribution >= 0.6 is 11.6 Å². The highest BCUT2D eigenvalue weighted by Gasteiger charge is 2.31. The Kier molecular flexibility index (Phi) is 8.54. The van der Waals surface area contributed by atoms with Gasteiger partial charge >= 0.3 is 0 Å². The highest BCUT2D eigenvalue weighted by atomic mass is 35.5. The maximum absolute atomic E-state index is 13.5. The Morgan fingerprint density at radius 2 is 1.74 bits per heavy atom. The van der Waals surface area contributed by atoms with Crippen LogP contribution in [0.4, 0.5) is 10.1 Å². The molecule has 1 N–H and O–H groups in total. The van der Waals surface area contributed by atoms with Crippen molar-refractivity contribution in [1.82, 2.24) is 10.2 Å². The number of nitrogens with one attached hydrogen (secondary N) is 1. The second-order valence-corrected chi connectivity index (χ2v) is 10.8. The number of nitrogens with zero attached hydrogens (tertiary/aromatic N) is 2. The zero-order valence-electron chi connectivity index (χ0n) is 19.2. The zero-order valence-corrected chi connectivity index (χ0v) is 20.8. The molecular formula is C24H29ClFN3O4S. The summed E-state index contributed by atoms with van der Waals surface area (Å²) in [6.45, 7) is 1.09. The normalized spacial score (nSPS) is 15.1. The van der Waals surface area contributed by atoms with Crippen molar-refractivity contribution in [2.45, 2.75) is 51.2 Å². The van der Waals surface area contributed by atoms with Crippen molar-refractivity contribution in [2.75, 3.05) is 17.1 Å². The Morgan fingerprint density at radius 3 is 2.32 bits per heavy atom. The number of carbonyl (C=O) groups is 2. The Morgan fingerprint density at radius 1 is 1.12 bits per heavy atom. The Balaban J connectivity index is 1.88. The molecule has 1 atom stereocenters. The molecule has 2 aromatic rings. The number of carbonyl (C=O) groups excluding carboxylic acids is 2.